The lowest BCUT2D eigenvalue weighted by molar-refractivity contribution is -0.141. The first kappa shape index (κ1) is 24.3. The largest absolute Gasteiger partial charge is 0.493 e. The number of fused-ring (bicyclic) bond motifs is 1. The number of rotatable bonds is 7. The lowest BCUT2D eigenvalue weighted by Gasteiger charge is -2.40. The van der Waals surface area contributed by atoms with Crippen LogP contribution in [0, 0.1) is 11.3 Å². The zero-order valence-electron chi connectivity index (χ0n) is 21.3. The minimum Gasteiger partial charge on any atom is -0.493 e. The van der Waals surface area contributed by atoms with Gasteiger partial charge in [-0.2, -0.15) is 5.10 Å². The van der Waals surface area contributed by atoms with Crippen molar-refractivity contribution < 1.29 is 14.6 Å². The summed E-state index contributed by atoms with van der Waals surface area (Å²) in [5, 5.41) is 14.0. The third kappa shape index (κ3) is 4.35. The number of anilines is 1. The quantitative estimate of drug-likeness (QED) is 0.508. The molecular formula is C27H35N5O4. The minimum atomic E-state index is -0.653. The molecule has 3 heterocycles. The van der Waals surface area contributed by atoms with Gasteiger partial charge in [0.1, 0.15) is 17.1 Å². The Labute approximate surface area is 210 Å². The molecule has 2 aliphatic rings. The molecule has 0 amide bonds. The monoisotopic (exact) mass is 493 g/mol. The van der Waals surface area contributed by atoms with E-state index in [1.54, 1.807) is 11.7 Å². The van der Waals surface area contributed by atoms with Crippen molar-refractivity contribution in [3.05, 3.63) is 34.2 Å². The van der Waals surface area contributed by atoms with E-state index in [2.05, 4.69) is 34.0 Å². The zero-order valence-corrected chi connectivity index (χ0v) is 21.3. The van der Waals surface area contributed by atoms with Gasteiger partial charge in [-0.25, -0.2) is 4.98 Å². The first-order valence-electron chi connectivity index (χ1n) is 13.0. The highest BCUT2D eigenvalue weighted by Crippen LogP contribution is 2.49. The van der Waals surface area contributed by atoms with Crippen molar-refractivity contribution in [1.29, 1.82) is 0 Å². The summed E-state index contributed by atoms with van der Waals surface area (Å²) in [6.07, 6.45) is 6.25. The Hall–Kier alpha value is -3.36. The maximum Gasteiger partial charge on any atom is 0.306 e. The highest BCUT2D eigenvalue weighted by Gasteiger charge is 2.43. The molecule has 1 unspecified atom stereocenters. The van der Waals surface area contributed by atoms with Crippen LogP contribution in [-0.4, -0.2) is 50.5 Å². The molecule has 1 aliphatic heterocycles. The van der Waals surface area contributed by atoms with E-state index >= 15 is 0 Å². The fourth-order valence-electron chi connectivity index (χ4n) is 6.07. The molecule has 1 saturated carbocycles. The molecule has 1 atom stereocenters. The Morgan fingerprint density at radius 2 is 2.03 bits per heavy atom. The number of aliphatic carboxylic acids is 1. The fourth-order valence-corrected chi connectivity index (χ4v) is 6.07. The highest BCUT2D eigenvalue weighted by atomic mass is 16.5. The van der Waals surface area contributed by atoms with E-state index in [-0.39, 0.29) is 16.9 Å². The zero-order chi connectivity index (χ0) is 25.4. The number of benzene rings is 1. The van der Waals surface area contributed by atoms with E-state index in [1.807, 2.05) is 13.0 Å². The van der Waals surface area contributed by atoms with Gasteiger partial charge in [-0.1, -0.05) is 13.3 Å². The number of H-pyrrole nitrogens is 1. The normalized spacial score (nSPS) is 19.3. The SMILES string of the molecule is CCCc1nn(C)c2c(=O)[nH]c(-c3cc(N4CCC5(CCC(C(=O)O)C5)CC4)ccc3OCC)nc12. The second kappa shape index (κ2) is 9.59. The summed E-state index contributed by atoms with van der Waals surface area (Å²) in [4.78, 5) is 34.7. The lowest BCUT2D eigenvalue weighted by Crippen LogP contribution is -2.39. The number of hydrogen-bond donors (Lipinski definition) is 2. The summed E-state index contributed by atoms with van der Waals surface area (Å²) in [6, 6.07) is 6.07. The van der Waals surface area contributed by atoms with Gasteiger partial charge in [-0.15, -0.1) is 0 Å². The van der Waals surface area contributed by atoms with Crippen LogP contribution in [-0.2, 0) is 18.3 Å². The number of aromatic nitrogens is 4. The number of hydrogen-bond acceptors (Lipinski definition) is 6. The molecule has 0 bridgehead atoms. The van der Waals surface area contributed by atoms with Crippen LogP contribution < -0.4 is 15.2 Å². The van der Waals surface area contributed by atoms with Gasteiger partial charge in [-0.05, 0) is 69.1 Å². The van der Waals surface area contributed by atoms with Gasteiger partial charge in [0.2, 0.25) is 0 Å². The smallest absolute Gasteiger partial charge is 0.306 e. The van der Waals surface area contributed by atoms with Gasteiger partial charge < -0.3 is 19.7 Å². The van der Waals surface area contributed by atoms with Crippen LogP contribution in [0.3, 0.4) is 0 Å². The Morgan fingerprint density at radius 1 is 1.25 bits per heavy atom. The van der Waals surface area contributed by atoms with Gasteiger partial charge in [0.25, 0.3) is 5.56 Å². The van der Waals surface area contributed by atoms with Crippen molar-refractivity contribution in [2.45, 2.75) is 58.8 Å². The van der Waals surface area contributed by atoms with Gasteiger partial charge in [-0.3, -0.25) is 14.3 Å². The molecule has 1 aliphatic carbocycles. The van der Waals surface area contributed by atoms with Crippen molar-refractivity contribution in [1.82, 2.24) is 19.7 Å². The first-order chi connectivity index (χ1) is 17.3. The third-order valence-corrected chi connectivity index (χ3v) is 8.01. The molecular weight excluding hydrogens is 458 g/mol. The molecule has 2 N–H and O–H groups in total. The molecule has 9 nitrogen and oxygen atoms in total. The van der Waals surface area contributed by atoms with Crippen LogP contribution in [0.1, 0.15) is 58.1 Å². The van der Waals surface area contributed by atoms with E-state index in [0.29, 0.717) is 29.2 Å². The minimum absolute atomic E-state index is 0.154. The molecule has 5 rings (SSSR count). The number of ether oxygens (including phenoxy) is 1. The average Bonchev–Trinajstić information content (AvgIpc) is 3.42. The second-order valence-electron chi connectivity index (χ2n) is 10.3. The summed E-state index contributed by atoms with van der Waals surface area (Å²) in [7, 11) is 1.77. The highest BCUT2D eigenvalue weighted by molar-refractivity contribution is 5.80. The van der Waals surface area contributed by atoms with Crippen LogP contribution in [0.25, 0.3) is 22.4 Å². The maximum absolute atomic E-state index is 13.0. The number of aromatic amines is 1. The molecule has 3 aromatic rings. The number of carboxylic acids is 1. The Balaban J connectivity index is 1.47. The predicted octanol–water partition coefficient (Wildman–Crippen LogP) is 4.15. The van der Waals surface area contributed by atoms with E-state index in [0.717, 1.165) is 75.0 Å². The molecule has 2 aromatic heterocycles. The molecule has 192 valence electrons. The molecule has 2 fully saturated rings. The number of carboxylic acid groups (broad SMARTS) is 1. The molecule has 1 aromatic carbocycles. The summed E-state index contributed by atoms with van der Waals surface area (Å²) in [5.41, 5.74) is 3.70. The Kier molecular flexibility index (Phi) is 6.49. The van der Waals surface area contributed by atoms with Crippen LogP contribution in [0.15, 0.2) is 23.0 Å². The molecule has 36 heavy (non-hydrogen) atoms. The third-order valence-electron chi connectivity index (χ3n) is 8.01. The second-order valence-corrected chi connectivity index (χ2v) is 10.3. The van der Waals surface area contributed by atoms with Crippen molar-refractivity contribution in [3.8, 4) is 17.1 Å². The summed E-state index contributed by atoms with van der Waals surface area (Å²) >= 11 is 0. The first-order valence-corrected chi connectivity index (χ1v) is 13.0. The van der Waals surface area contributed by atoms with Crippen LogP contribution in [0.4, 0.5) is 5.69 Å². The number of carbonyl (C=O) groups is 1. The molecule has 0 radical (unpaired) electrons. The van der Waals surface area contributed by atoms with E-state index in [1.165, 1.54) is 0 Å². The molecule has 1 saturated heterocycles. The number of piperidine rings is 1. The Morgan fingerprint density at radius 3 is 2.69 bits per heavy atom. The number of nitrogens with zero attached hydrogens (tertiary/aromatic N) is 4. The van der Waals surface area contributed by atoms with Crippen molar-refractivity contribution in [2.24, 2.45) is 18.4 Å². The van der Waals surface area contributed by atoms with Crippen LogP contribution in [0.5, 0.6) is 5.75 Å². The van der Waals surface area contributed by atoms with Crippen molar-refractivity contribution in [3.63, 3.8) is 0 Å². The summed E-state index contributed by atoms with van der Waals surface area (Å²) in [6.45, 7) is 6.29. The van der Waals surface area contributed by atoms with Gasteiger partial charge in [0.15, 0.2) is 5.52 Å². The summed E-state index contributed by atoms with van der Waals surface area (Å²) in [5.74, 6) is 0.311. The topological polar surface area (TPSA) is 113 Å². The maximum atomic E-state index is 13.0. The number of nitrogens with one attached hydrogen (secondary N) is 1. The van der Waals surface area contributed by atoms with Crippen LogP contribution >= 0.6 is 0 Å². The van der Waals surface area contributed by atoms with E-state index in [9.17, 15) is 14.7 Å². The lowest BCUT2D eigenvalue weighted by atomic mass is 9.76. The van der Waals surface area contributed by atoms with E-state index in [4.69, 9.17) is 9.72 Å². The Bertz CT molecular complexity index is 1340. The van der Waals surface area contributed by atoms with E-state index < -0.39 is 5.97 Å². The fraction of sp³-hybridized carbons (Fsp3) is 0.556. The van der Waals surface area contributed by atoms with Gasteiger partial charge in [0, 0.05) is 25.8 Å². The standard InChI is InChI=1S/C27H35N5O4/c1-4-6-20-22-23(31(3)30-20)25(33)29-24(28-22)19-15-18(7-8-21(19)36-5-2)32-13-11-27(12-14-32)10-9-17(16-27)26(34)35/h7-8,15,17H,4-6,9-14,16H2,1-3H3,(H,34,35)(H,28,29,33). The number of aryl methyl sites for hydroxylation is 2. The van der Waals surface area contributed by atoms with Crippen molar-refractivity contribution >= 4 is 22.7 Å². The average molecular weight is 494 g/mol. The molecule has 9 heteroatoms. The summed E-state index contributed by atoms with van der Waals surface area (Å²) < 4.78 is 7.53. The van der Waals surface area contributed by atoms with Gasteiger partial charge in [0.05, 0.1) is 23.8 Å². The van der Waals surface area contributed by atoms with Crippen molar-refractivity contribution in [2.75, 3.05) is 24.6 Å². The van der Waals surface area contributed by atoms with Gasteiger partial charge >= 0.3 is 5.97 Å². The molecule has 1 spiro atoms. The van der Waals surface area contributed by atoms with Crippen LogP contribution in [0.2, 0.25) is 0 Å². The predicted molar refractivity (Wildman–Crippen MR) is 139 cm³/mol.